The number of carbonyl (C=O) groups excluding carboxylic acids is 1. The molecule has 1 aliphatic heterocycles. The first kappa shape index (κ1) is 17.5. The largest absolute Gasteiger partial charge is 0.345 e. The highest BCUT2D eigenvalue weighted by molar-refractivity contribution is 7.90. The first-order chi connectivity index (χ1) is 11.8. The third-order valence-electron chi connectivity index (χ3n) is 4.39. The van der Waals surface area contributed by atoms with Crippen molar-refractivity contribution in [2.75, 3.05) is 6.26 Å². The Morgan fingerprint density at radius 2 is 2.08 bits per heavy atom. The molecule has 1 aromatic rings. The van der Waals surface area contributed by atoms with E-state index in [1.165, 1.54) is 6.20 Å². The normalized spacial score (nSPS) is 19.0. The van der Waals surface area contributed by atoms with E-state index in [4.69, 9.17) is 6.42 Å². The van der Waals surface area contributed by atoms with Crippen molar-refractivity contribution in [3.05, 3.63) is 18.0 Å². The van der Waals surface area contributed by atoms with Crippen LogP contribution in [-0.2, 0) is 20.2 Å². The summed E-state index contributed by atoms with van der Waals surface area (Å²) in [6, 6.07) is 1.64. The minimum absolute atomic E-state index is 0.130. The zero-order chi connectivity index (χ0) is 18.1. The molecular weight excluding hydrogens is 342 g/mol. The van der Waals surface area contributed by atoms with E-state index in [2.05, 4.69) is 31.4 Å². The molecule has 25 heavy (non-hydrogen) atoms. The van der Waals surface area contributed by atoms with Gasteiger partial charge in [0.25, 0.3) is 0 Å². The highest BCUT2D eigenvalue weighted by Crippen LogP contribution is 2.45. The molecule has 132 valence electrons. The first-order valence-electron chi connectivity index (χ1n) is 8.01. The molecular formula is C16H19N5O3S. The predicted octanol–water partition coefficient (Wildman–Crippen LogP) is 1.34. The van der Waals surface area contributed by atoms with Gasteiger partial charge in [0.2, 0.25) is 20.9 Å². The Morgan fingerprint density at radius 3 is 2.64 bits per heavy atom. The minimum atomic E-state index is -3.49. The number of aromatic nitrogens is 2. The summed E-state index contributed by atoms with van der Waals surface area (Å²) < 4.78 is 23.2. The van der Waals surface area contributed by atoms with Gasteiger partial charge in [0.1, 0.15) is 0 Å². The number of nitrogens with zero attached hydrogens (tertiary/aromatic N) is 4. The van der Waals surface area contributed by atoms with Crippen LogP contribution in [0.25, 0.3) is 0 Å². The number of hydrogen-bond donors (Lipinski definition) is 1. The SMILES string of the molecule is C#CCCC1(CCC(=O)NC2(c3ccnc(S(C)(=O)=O)n3)CC2)N=N1. The number of nitrogens with one attached hydrogen (secondary N) is 1. The Kier molecular flexibility index (Phi) is 4.33. The molecule has 9 heteroatoms. The van der Waals surface area contributed by atoms with Crippen molar-refractivity contribution in [1.82, 2.24) is 15.3 Å². The summed E-state index contributed by atoms with van der Waals surface area (Å²) in [6.07, 6.45) is 11.2. The lowest BCUT2D eigenvalue weighted by Crippen LogP contribution is -2.36. The van der Waals surface area contributed by atoms with Crippen molar-refractivity contribution in [2.45, 2.75) is 54.9 Å². The summed E-state index contributed by atoms with van der Waals surface area (Å²) in [4.78, 5) is 20.2. The van der Waals surface area contributed by atoms with Crippen LogP contribution in [0.1, 0.15) is 44.2 Å². The van der Waals surface area contributed by atoms with Gasteiger partial charge in [-0.2, -0.15) is 10.2 Å². The minimum Gasteiger partial charge on any atom is -0.345 e. The summed E-state index contributed by atoms with van der Waals surface area (Å²) in [6.45, 7) is 0. The van der Waals surface area contributed by atoms with Crippen LogP contribution in [0.15, 0.2) is 27.6 Å². The Balaban J connectivity index is 1.61. The number of amides is 1. The van der Waals surface area contributed by atoms with Gasteiger partial charge < -0.3 is 5.32 Å². The van der Waals surface area contributed by atoms with E-state index in [1.54, 1.807) is 6.07 Å². The van der Waals surface area contributed by atoms with E-state index in [0.29, 0.717) is 25.0 Å². The zero-order valence-electron chi connectivity index (χ0n) is 13.9. The zero-order valence-corrected chi connectivity index (χ0v) is 14.7. The lowest BCUT2D eigenvalue weighted by atomic mass is 10.0. The average Bonchev–Trinajstić information content (AvgIpc) is 3.48. The van der Waals surface area contributed by atoms with Crippen LogP contribution in [0.5, 0.6) is 0 Å². The quantitative estimate of drug-likeness (QED) is 0.554. The van der Waals surface area contributed by atoms with Crippen molar-refractivity contribution in [1.29, 1.82) is 0 Å². The molecule has 1 saturated carbocycles. The molecule has 0 bridgehead atoms. The van der Waals surface area contributed by atoms with Crippen LogP contribution in [0.3, 0.4) is 0 Å². The van der Waals surface area contributed by atoms with E-state index in [1.807, 2.05) is 0 Å². The first-order valence-corrected chi connectivity index (χ1v) is 9.90. The molecule has 0 unspecified atom stereocenters. The molecule has 0 aromatic carbocycles. The van der Waals surface area contributed by atoms with Gasteiger partial charge in [0.05, 0.1) is 11.2 Å². The third kappa shape index (κ3) is 4.02. The summed E-state index contributed by atoms with van der Waals surface area (Å²) >= 11 is 0. The van der Waals surface area contributed by atoms with Gasteiger partial charge in [-0.05, 0) is 18.9 Å². The number of terminal acetylenes is 1. The van der Waals surface area contributed by atoms with Crippen LogP contribution in [0.4, 0.5) is 0 Å². The van der Waals surface area contributed by atoms with Gasteiger partial charge in [-0.3, -0.25) is 4.79 Å². The van der Waals surface area contributed by atoms with Gasteiger partial charge in [-0.25, -0.2) is 18.4 Å². The molecule has 2 aliphatic rings. The van der Waals surface area contributed by atoms with Crippen molar-refractivity contribution in [3.63, 3.8) is 0 Å². The van der Waals surface area contributed by atoms with Gasteiger partial charge >= 0.3 is 0 Å². The summed E-state index contributed by atoms with van der Waals surface area (Å²) in [5.74, 6) is 2.42. The molecule has 1 N–H and O–H groups in total. The maximum Gasteiger partial charge on any atom is 0.247 e. The van der Waals surface area contributed by atoms with Crippen molar-refractivity contribution < 1.29 is 13.2 Å². The molecule has 0 spiro atoms. The Labute approximate surface area is 146 Å². The molecule has 0 atom stereocenters. The van der Waals surface area contributed by atoms with Crippen LogP contribution < -0.4 is 5.32 Å². The molecule has 8 nitrogen and oxygen atoms in total. The molecule has 1 aromatic heterocycles. The molecule has 1 aliphatic carbocycles. The fraction of sp³-hybridized carbons (Fsp3) is 0.562. The summed E-state index contributed by atoms with van der Waals surface area (Å²) in [7, 11) is -3.49. The number of carbonyl (C=O) groups is 1. The van der Waals surface area contributed by atoms with E-state index in [-0.39, 0.29) is 17.5 Å². The lowest BCUT2D eigenvalue weighted by molar-refractivity contribution is -0.122. The van der Waals surface area contributed by atoms with Crippen LogP contribution in [0, 0.1) is 12.3 Å². The predicted molar refractivity (Wildman–Crippen MR) is 89.1 cm³/mol. The number of hydrogen-bond acceptors (Lipinski definition) is 7. The summed E-state index contributed by atoms with van der Waals surface area (Å²) in [5, 5.41) is 10.8. The highest BCUT2D eigenvalue weighted by Gasteiger charge is 2.48. The number of rotatable bonds is 8. The van der Waals surface area contributed by atoms with Crippen molar-refractivity contribution in [2.24, 2.45) is 10.2 Å². The van der Waals surface area contributed by atoms with E-state index in [0.717, 1.165) is 19.1 Å². The second-order valence-corrected chi connectivity index (χ2v) is 8.42. The standard InChI is InChI=1S/C16H19N5O3S/c1-3-4-7-16(20-21-16)8-5-13(22)19-15(9-10-15)12-6-11-17-14(18-12)25(2,23)24/h1,6,11H,4-5,7-10H2,2H3,(H,19,22). The molecule has 1 fully saturated rings. The van der Waals surface area contributed by atoms with Crippen LogP contribution >= 0.6 is 0 Å². The molecule has 0 saturated heterocycles. The second kappa shape index (κ2) is 6.19. The third-order valence-corrected chi connectivity index (χ3v) is 5.25. The van der Waals surface area contributed by atoms with E-state index < -0.39 is 21.0 Å². The molecule has 0 radical (unpaired) electrons. The Bertz CT molecular complexity index is 862. The van der Waals surface area contributed by atoms with E-state index in [9.17, 15) is 13.2 Å². The van der Waals surface area contributed by atoms with Gasteiger partial charge in [-0.15, -0.1) is 12.3 Å². The van der Waals surface area contributed by atoms with Crippen molar-refractivity contribution >= 4 is 15.7 Å². The molecule has 1 amide bonds. The highest BCUT2D eigenvalue weighted by atomic mass is 32.2. The van der Waals surface area contributed by atoms with Crippen LogP contribution in [-0.4, -0.2) is 36.2 Å². The monoisotopic (exact) mass is 361 g/mol. The van der Waals surface area contributed by atoms with Gasteiger partial charge in [0, 0.05) is 38.1 Å². The Hall–Kier alpha value is -2.34. The molecule has 3 rings (SSSR count). The maximum absolute atomic E-state index is 12.3. The second-order valence-electron chi connectivity index (χ2n) is 6.51. The maximum atomic E-state index is 12.3. The van der Waals surface area contributed by atoms with Crippen molar-refractivity contribution in [3.8, 4) is 12.3 Å². The van der Waals surface area contributed by atoms with Crippen LogP contribution in [0.2, 0.25) is 0 Å². The fourth-order valence-electron chi connectivity index (χ4n) is 2.67. The summed E-state index contributed by atoms with van der Waals surface area (Å²) in [5.41, 5.74) is -0.554. The van der Waals surface area contributed by atoms with Gasteiger partial charge in [-0.1, -0.05) is 0 Å². The number of sulfone groups is 1. The lowest BCUT2D eigenvalue weighted by Gasteiger charge is -2.18. The fourth-order valence-corrected chi connectivity index (χ4v) is 3.18. The smallest absolute Gasteiger partial charge is 0.247 e. The average molecular weight is 361 g/mol. The Morgan fingerprint density at radius 1 is 1.36 bits per heavy atom. The van der Waals surface area contributed by atoms with E-state index >= 15 is 0 Å². The topological polar surface area (TPSA) is 114 Å². The molecule has 2 heterocycles. The van der Waals surface area contributed by atoms with Gasteiger partial charge in [0.15, 0.2) is 5.66 Å².